The average Bonchev–Trinajstić information content (AvgIpc) is 3.21. The number of hydrogen-bond donors (Lipinski definition) is 0. The normalized spacial score (nSPS) is 24.2. The van der Waals surface area contributed by atoms with Crippen LogP contribution < -0.4 is 0 Å². The molecule has 1 saturated carbocycles. The summed E-state index contributed by atoms with van der Waals surface area (Å²) in [7, 11) is 2.26. The molecule has 124 valence electrons. The van der Waals surface area contributed by atoms with Crippen molar-refractivity contribution in [1.82, 2.24) is 9.80 Å². The molecule has 4 rings (SSSR count). The van der Waals surface area contributed by atoms with Crippen LogP contribution in [0.5, 0.6) is 0 Å². The van der Waals surface area contributed by atoms with Crippen LogP contribution in [0.15, 0.2) is 45.8 Å². The van der Waals surface area contributed by atoms with Crippen LogP contribution in [0, 0.1) is 5.41 Å². The number of piperidine rings is 1. The number of nitrogens with zero attached hydrogens (tertiary/aromatic N) is 2. The van der Waals surface area contributed by atoms with E-state index in [1.807, 2.05) is 12.3 Å². The number of furan rings is 2. The van der Waals surface area contributed by atoms with E-state index < -0.39 is 0 Å². The molecular weight excluding hydrogens is 288 g/mol. The Morgan fingerprint density at radius 2 is 2.09 bits per heavy atom. The lowest BCUT2D eigenvalue weighted by atomic mass is 9.58. The first-order chi connectivity index (χ1) is 11.3. The van der Waals surface area contributed by atoms with E-state index in [-0.39, 0.29) is 0 Å². The molecule has 2 aliphatic rings. The van der Waals surface area contributed by atoms with Crippen LogP contribution in [0.1, 0.15) is 37.0 Å². The third-order valence-electron chi connectivity index (χ3n) is 5.98. The topological polar surface area (TPSA) is 32.8 Å². The molecule has 3 heterocycles. The van der Waals surface area contributed by atoms with Crippen molar-refractivity contribution in [2.75, 3.05) is 20.1 Å². The third-order valence-corrected chi connectivity index (χ3v) is 5.98. The van der Waals surface area contributed by atoms with Gasteiger partial charge in [-0.3, -0.25) is 9.80 Å². The zero-order valence-electron chi connectivity index (χ0n) is 13.9. The largest absolute Gasteiger partial charge is 0.472 e. The van der Waals surface area contributed by atoms with Gasteiger partial charge in [0.25, 0.3) is 0 Å². The highest BCUT2D eigenvalue weighted by Gasteiger charge is 2.49. The molecule has 23 heavy (non-hydrogen) atoms. The van der Waals surface area contributed by atoms with Crippen molar-refractivity contribution < 1.29 is 8.83 Å². The fourth-order valence-electron chi connectivity index (χ4n) is 4.51. The van der Waals surface area contributed by atoms with Crippen molar-refractivity contribution in [3.63, 3.8) is 0 Å². The molecule has 0 N–H and O–H groups in total. The highest BCUT2D eigenvalue weighted by Crippen LogP contribution is 2.51. The minimum atomic E-state index is 0.536. The second-order valence-corrected chi connectivity index (χ2v) is 7.32. The summed E-state index contributed by atoms with van der Waals surface area (Å²) >= 11 is 0. The number of rotatable bonds is 5. The van der Waals surface area contributed by atoms with Crippen LogP contribution in [0.25, 0.3) is 0 Å². The maximum atomic E-state index is 5.52. The van der Waals surface area contributed by atoms with Gasteiger partial charge in [-0.1, -0.05) is 0 Å². The predicted molar refractivity (Wildman–Crippen MR) is 88.8 cm³/mol. The highest BCUT2D eigenvalue weighted by atomic mass is 16.3. The lowest BCUT2D eigenvalue weighted by molar-refractivity contribution is -0.0648. The molecule has 2 aromatic rings. The van der Waals surface area contributed by atoms with Crippen molar-refractivity contribution in [3.05, 3.63) is 48.3 Å². The fourth-order valence-corrected chi connectivity index (χ4v) is 4.51. The molecule has 2 aromatic heterocycles. The fraction of sp³-hybridized carbons (Fsp3) is 0.579. The molecule has 0 bridgehead atoms. The molecule has 2 fully saturated rings. The lowest BCUT2D eigenvalue weighted by Crippen LogP contribution is -2.57. The third kappa shape index (κ3) is 2.98. The minimum absolute atomic E-state index is 0.536. The lowest BCUT2D eigenvalue weighted by Gasteiger charge is -2.57. The second-order valence-electron chi connectivity index (χ2n) is 7.32. The van der Waals surface area contributed by atoms with Crippen LogP contribution in [-0.4, -0.2) is 36.0 Å². The molecular formula is C19H26N2O2. The van der Waals surface area contributed by atoms with Crippen molar-refractivity contribution in [2.45, 2.75) is 44.8 Å². The van der Waals surface area contributed by atoms with E-state index in [2.05, 4.69) is 29.0 Å². The summed E-state index contributed by atoms with van der Waals surface area (Å²) < 4.78 is 10.7. The molecule has 0 amide bonds. The summed E-state index contributed by atoms with van der Waals surface area (Å²) in [5, 5.41) is 0. The Labute approximate surface area is 138 Å². The van der Waals surface area contributed by atoms with E-state index in [4.69, 9.17) is 8.83 Å². The van der Waals surface area contributed by atoms with Crippen LogP contribution in [-0.2, 0) is 13.1 Å². The zero-order valence-corrected chi connectivity index (χ0v) is 13.9. The summed E-state index contributed by atoms with van der Waals surface area (Å²) in [6, 6.07) is 6.85. The van der Waals surface area contributed by atoms with Crippen molar-refractivity contribution in [2.24, 2.45) is 5.41 Å². The quantitative estimate of drug-likeness (QED) is 0.841. The Hall–Kier alpha value is -1.52. The Morgan fingerprint density at radius 3 is 2.70 bits per heavy atom. The first-order valence-electron chi connectivity index (χ1n) is 8.71. The first kappa shape index (κ1) is 15.0. The summed E-state index contributed by atoms with van der Waals surface area (Å²) in [5.41, 5.74) is 1.83. The average molecular weight is 314 g/mol. The molecule has 1 unspecified atom stereocenters. The van der Waals surface area contributed by atoms with Crippen LogP contribution in [0.2, 0.25) is 0 Å². The molecule has 1 atom stereocenters. The van der Waals surface area contributed by atoms with Crippen LogP contribution in [0.4, 0.5) is 0 Å². The van der Waals surface area contributed by atoms with Gasteiger partial charge in [-0.2, -0.15) is 0 Å². The Balaban J connectivity index is 1.33. The summed E-state index contributed by atoms with van der Waals surface area (Å²) in [6.07, 6.45) is 10.8. The molecule has 1 spiro atoms. The smallest absolute Gasteiger partial charge is 0.117 e. The molecule has 4 nitrogen and oxygen atoms in total. The predicted octanol–water partition coefficient (Wildman–Crippen LogP) is 3.75. The molecule has 1 aliphatic heterocycles. The van der Waals surface area contributed by atoms with Gasteiger partial charge in [0.15, 0.2) is 0 Å². The van der Waals surface area contributed by atoms with Gasteiger partial charge in [-0.25, -0.2) is 0 Å². The number of likely N-dealkylation sites (tertiary alicyclic amines) is 1. The Bertz CT molecular complexity index is 597. The molecule has 1 saturated heterocycles. The Morgan fingerprint density at radius 1 is 1.22 bits per heavy atom. The van der Waals surface area contributed by atoms with Gasteiger partial charge < -0.3 is 8.83 Å². The first-order valence-corrected chi connectivity index (χ1v) is 8.71. The molecule has 1 aliphatic carbocycles. The van der Waals surface area contributed by atoms with Gasteiger partial charge in [0.2, 0.25) is 0 Å². The van der Waals surface area contributed by atoms with Gasteiger partial charge in [-0.15, -0.1) is 0 Å². The van der Waals surface area contributed by atoms with Crippen molar-refractivity contribution in [3.8, 4) is 0 Å². The van der Waals surface area contributed by atoms with Gasteiger partial charge in [0, 0.05) is 18.2 Å². The summed E-state index contributed by atoms with van der Waals surface area (Å²) in [5.74, 6) is 1.08. The monoisotopic (exact) mass is 314 g/mol. The van der Waals surface area contributed by atoms with E-state index >= 15 is 0 Å². The van der Waals surface area contributed by atoms with Crippen LogP contribution >= 0.6 is 0 Å². The molecule has 0 aromatic carbocycles. The standard InChI is InChI=1S/C19H26N2O2/c1-20(14-17-3-2-11-23-17)18-4-6-19(18)7-9-21(10-8-19)13-16-5-12-22-15-16/h2-3,5,11-12,15,18H,4,6-10,13-14H2,1H3. The van der Waals surface area contributed by atoms with Gasteiger partial charge in [0.05, 0.1) is 25.3 Å². The molecule has 0 radical (unpaired) electrons. The van der Waals surface area contributed by atoms with E-state index in [1.165, 1.54) is 44.3 Å². The van der Waals surface area contributed by atoms with E-state index in [1.54, 1.807) is 12.5 Å². The van der Waals surface area contributed by atoms with E-state index in [0.29, 0.717) is 11.5 Å². The van der Waals surface area contributed by atoms with E-state index in [0.717, 1.165) is 18.8 Å². The van der Waals surface area contributed by atoms with E-state index in [9.17, 15) is 0 Å². The molecule has 4 heteroatoms. The zero-order chi connectivity index (χ0) is 15.7. The van der Waals surface area contributed by atoms with Crippen LogP contribution in [0.3, 0.4) is 0 Å². The summed E-state index contributed by atoms with van der Waals surface area (Å²) in [4.78, 5) is 5.08. The Kier molecular flexibility index (Phi) is 4.04. The van der Waals surface area contributed by atoms with Gasteiger partial charge in [0.1, 0.15) is 5.76 Å². The summed E-state index contributed by atoms with van der Waals surface area (Å²) in [6.45, 7) is 4.37. The van der Waals surface area contributed by atoms with Crippen molar-refractivity contribution >= 4 is 0 Å². The second kappa shape index (κ2) is 6.17. The van der Waals surface area contributed by atoms with Gasteiger partial charge >= 0.3 is 0 Å². The highest BCUT2D eigenvalue weighted by molar-refractivity contribution is 5.08. The SMILES string of the molecule is CN(Cc1ccco1)C1CCC12CCN(Cc1ccoc1)CC2. The maximum absolute atomic E-state index is 5.52. The number of hydrogen-bond acceptors (Lipinski definition) is 4. The maximum Gasteiger partial charge on any atom is 0.117 e. The minimum Gasteiger partial charge on any atom is -0.472 e. The van der Waals surface area contributed by atoms with Gasteiger partial charge in [-0.05, 0) is 69.4 Å². The van der Waals surface area contributed by atoms with Crippen molar-refractivity contribution in [1.29, 1.82) is 0 Å².